The highest BCUT2D eigenvalue weighted by atomic mass is 16.3. The lowest BCUT2D eigenvalue weighted by atomic mass is 10.0. The molecule has 0 spiro atoms. The summed E-state index contributed by atoms with van der Waals surface area (Å²) in [4.78, 5) is 0. The Bertz CT molecular complexity index is 54.6. The summed E-state index contributed by atoms with van der Waals surface area (Å²) in [5.74, 6) is 0. The van der Waals surface area contributed by atoms with Crippen molar-refractivity contribution in [3.63, 3.8) is 0 Å². The van der Waals surface area contributed by atoms with Gasteiger partial charge in [-0.25, -0.2) is 0 Å². The highest BCUT2D eigenvalue weighted by Gasteiger charge is 2.27. The topological polar surface area (TPSA) is 32.3 Å². The Morgan fingerprint density at radius 1 is 1.67 bits per heavy atom. The maximum Gasteiger partial charge on any atom is 0.0930 e. The van der Waals surface area contributed by atoms with Crippen LogP contribution >= 0.6 is 0 Å². The summed E-state index contributed by atoms with van der Waals surface area (Å²) in [5, 5.41) is 11.5. The Hall–Kier alpha value is -0.0800. The van der Waals surface area contributed by atoms with Gasteiger partial charge in [0.2, 0.25) is 0 Å². The molecule has 1 fully saturated rings. The van der Waals surface area contributed by atoms with Crippen LogP contribution in [-0.2, 0) is 0 Å². The summed E-state index contributed by atoms with van der Waals surface area (Å²) in [6.07, 6.45) is 0. The Morgan fingerprint density at radius 2 is 2.00 bits per heavy atom. The van der Waals surface area contributed by atoms with E-state index >= 15 is 0 Å². The van der Waals surface area contributed by atoms with Crippen LogP contribution in [0.5, 0.6) is 0 Å². The van der Waals surface area contributed by atoms with Crippen molar-refractivity contribution in [2.24, 2.45) is 0 Å². The third kappa shape index (κ3) is 0.533. The second kappa shape index (κ2) is 0.950. The Kier molecular flexibility index (Phi) is 0.648. The van der Waals surface area contributed by atoms with E-state index in [9.17, 15) is 0 Å². The van der Waals surface area contributed by atoms with Crippen LogP contribution in [0.4, 0.5) is 0 Å². The zero-order valence-corrected chi connectivity index (χ0v) is 3.44. The van der Waals surface area contributed by atoms with Gasteiger partial charge in [-0.1, -0.05) is 0 Å². The van der Waals surface area contributed by atoms with Crippen LogP contribution in [0.1, 0.15) is 0 Å². The van der Waals surface area contributed by atoms with Gasteiger partial charge in [0.25, 0.3) is 0 Å². The standard InChI is InChI=1S/C4H7NO/c1-4(6)2-5-3-4/h1,5-6H,2-3H2. The molecule has 0 aromatic carbocycles. The zero-order chi connectivity index (χ0) is 4.62. The first kappa shape index (κ1) is 4.09. The molecular weight excluding hydrogens is 78.0 g/mol. The smallest absolute Gasteiger partial charge is 0.0930 e. The van der Waals surface area contributed by atoms with Crippen molar-refractivity contribution >= 4 is 0 Å². The SMILES string of the molecule is [CH]C1(O)CNC1. The molecule has 1 aliphatic heterocycles. The summed E-state index contributed by atoms with van der Waals surface area (Å²) in [5.41, 5.74) is -0.889. The van der Waals surface area contributed by atoms with Gasteiger partial charge in [-0.2, -0.15) is 0 Å². The second-order valence-corrected chi connectivity index (χ2v) is 1.71. The number of hydrogen-bond donors (Lipinski definition) is 2. The van der Waals surface area contributed by atoms with Crippen LogP contribution in [0, 0.1) is 6.92 Å². The van der Waals surface area contributed by atoms with Crippen LogP contribution < -0.4 is 5.32 Å². The molecule has 6 heavy (non-hydrogen) atoms. The third-order valence-corrected chi connectivity index (χ3v) is 0.862. The number of hydrogen-bond acceptors (Lipinski definition) is 2. The largest absolute Gasteiger partial charge is 0.387 e. The van der Waals surface area contributed by atoms with Crippen LogP contribution in [0.2, 0.25) is 0 Å². The fourth-order valence-corrected chi connectivity index (χ4v) is 0.381. The lowest BCUT2D eigenvalue weighted by Crippen LogP contribution is -2.57. The van der Waals surface area contributed by atoms with Crippen molar-refractivity contribution in [1.82, 2.24) is 5.32 Å². The highest BCUT2D eigenvalue weighted by Crippen LogP contribution is 2.05. The molecule has 0 aromatic rings. The number of rotatable bonds is 0. The van der Waals surface area contributed by atoms with Gasteiger partial charge < -0.3 is 10.4 Å². The van der Waals surface area contributed by atoms with Gasteiger partial charge in [-0.15, -0.1) is 0 Å². The molecule has 2 N–H and O–H groups in total. The average molecular weight is 85.1 g/mol. The third-order valence-electron chi connectivity index (χ3n) is 0.862. The molecule has 0 saturated carbocycles. The predicted octanol–water partition coefficient (Wildman–Crippen LogP) is -0.968. The molecule has 1 saturated heterocycles. The van der Waals surface area contributed by atoms with Gasteiger partial charge >= 0.3 is 0 Å². The lowest BCUT2D eigenvalue weighted by molar-refractivity contribution is 0.0347. The molecule has 1 rings (SSSR count). The Morgan fingerprint density at radius 3 is 2.00 bits per heavy atom. The number of β-amino-alcohol motifs (C(OH)–C–C–N with tert-alkyl or cyclic N) is 1. The van der Waals surface area contributed by atoms with Crippen LogP contribution in [0.15, 0.2) is 0 Å². The number of nitrogens with one attached hydrogen (secondary N) is 1. The van der Waals surface area contributed by atoms with E-state index in [1.165, 1.54) is 0 Å². The van der Waals surface area contributed by atoms with E-state index in [-0.39, 0.29) is 0 Å². The van der Waals surface area contributed by atoms with Crippen molar-refractivity contribution in [2.45, 2.75) is 5.60 Å². The van der Waals surface area contributed by atoms with E-state index in [0.29, 0.717) is 13.1 Å². The Balaban J connectivity index is 2.31. The van der Waals surface area contributed by atoms with E-state index in [4.69, 9.17) is 12.0 Å². The molecule has 0 amide bonds. The maximum absolute atomic E-state index is 8.63. The van der Waals surface area contributed by atoms with Gasteiger partial charge in [0.1, 0.15) is 0 Å². The van der Waals surface area contributed by atoms with E-state index in [1.807, 2.05) is 0 Å². The first-order valence-electron chi connectivity index (χ1n) is 1.93. The molecule has 0 atom stereocenters. The molecule has 0 bridgehead atoms. The maximum atomic E-state index is 8.63. The fourth-order valence-electron chi connectivity index (χ4n) is 0.381. The zero-order valence-electron chi connectivity index (χ0n) is 3.44. The Labute approximate surface area is 37.2 Å². The van der Waals surface area contributed by atoms with Crippen molar-refractivity contribution < 1.29 is 5.11 Å². The minimum atomic E-state index is -0.889. The van der Waals surface area contributed by atoms with E-state index in [0.717, 1.165) is 0 Å². The quantitative estimate of drug-likeness (QED) is 0.397. The van der Waals surface area contributed by atoms with Crippen LogP contribution in [-0.4, -0.2) is 23.8 Å². The monoisotopic (exact) mass is 85.1 g/mol. The van der Waals surface area contributed by atoms with Crippen molar-refractivity contribution in [1.29, 1.82) is 0 Å². The molecule has 0 aromatic heterocycles. The average Bonchev–Trinajstić information content (AvgIpc) is 1.32. The van der Waals surface area contributed by atoms with E-state index in [1.54, 1.807) is 0 Å². The summed E-state index contributed by atoms with van der Waals surface area (Å²) >= 11 is 0. The fraction of sp³-hybridized carbons (Fsp3) is 0.750. The summed E-state index contributed by atoms with van der Waals surface area (Å²) in [6, 6.07) is 0. The summed E-state index contributed by atoms with van der Waals surface area (Å²) in [7, 11) is 0. The van der Waals surface area contributed by atoms with E-state index in [2.05, 4.69) is 5.32 Å². The van der Waals surface area contributed by atoms with Crippen LogP contribution in [0.25, 0.3) is 0 Å². The van der Waals surface area contributed by atoms with Crippen molar-refractivity contribution in [2.75, 3.05) is 13.1 Å². The number of aliphatic hydroxyl groups is 1. The first-order valence-corrected chi connectivity index (χ1v) is 1.93. The second-order valence-electron chi connectivity index (χ2n) is 1.71. The minimum absolute atomic E-state index is 0.535. The molecule has 1 aliphatic rings. The van der Waals surface area contributed by atoms with Crippen molar-refractivity contribution in [3.8, 4) is 0 Å². The first-order chi connectivity index (χ1) is 2.71. The van der Waals surface area contributed by atoms with Gasteiger partial charge in [0.15, 0.2) is 0 Å². The van der Waals surface area contributed by atoms with Gasteiger partial charge in [-0.3, -0.25) is 0 Å². The molecule has 2 radical (unpaired) electrons. The lowest BCUT2D eigenvalue weighted by Gasteiger charge is -2.32. The van der Waals surface area contributed by atoms with Crippen molar-refractivity contribution in [3.05, 3.63) is 6.92 Å². The van der Waals surface area contributed by atoms with Crippen LogP contribution in [0.3, 0.4) is 0 Å². The minimum Gasteiger partial charge on any atom is -0.387 e. The molecule has 0 aliphatic carbocycles. The van der Waals surface area contributed by atoms with Gasteiger partial charge in [0.05, 0.1) is 5.60 Å². The molecular formula is C4H7NO. The van der Waals surface area contributed by atoms with Gasteiger partial charge in [0, 0.05) is 20.0 Å². The summed E-state index contributed by atoms with van der Waals surface area (Å²) < 4.78 is 0. The highest BCUT2D eigenvalue weighted by molar-refractivity contribution is 4.94. The molecule has 1 heterocycles. The predicted molar refractivity (Wildman–Crippen MR) is 22.1 cm³/mol. The van der Waals surface area contributed by atoms with Gasteiger partial charge in [-0.05, 0) is 0 Å². The van der Waals surface area contributed by atoms with E-state index < -0.39 is 5.60 Å². The molecule has 2 heteroatoms. The molecule has 34 valence electrons. The normalized spacial score (nSPS) is 29.0. The summed E-state index contributed by atoms with van der Waals surface area (Å²) in [6.45, 7) is 6.18. The molecule has 2 nitrogen and oxygen atoms in total. The molecule has 0 unspecified atom stereocenters.